The average Bonchev–Trinajstić information content (AvgIpc) is 2.69. The van der Waals surface area contributed by atoms with Crippen LogP contribution in [0.4, 0.5) is 0 Å². The lowest BCUT2D eigenvalue weighted by Crippen LogP contribution is -2.40. The number of aromatic nitrogens is 1. The fraction of sp³-hybridized carbons (Fsp3) is 0.429. The lowest BCUT2D eigenvalue weighted by atomic mass is 10.5. The Bertz CT molecular complexity index is 262. The van der Waals surface area contributed by atoms with Gasteiger partial charge in [-0.1, -0.05) is 0 Å². The summed E-state index contributed by atoms with van der Waals surface area (Å²) in [7, 11) is 0. The fourth-order valence-electron chi connectivity index (χ4n) is 0.776. The molecule has 0 aromatic carbocycles. The van der Waals surface area contributed by atoms with Gasteiger partial charge in [0.05, 0.1) is 5.69 Å². The highest BCUT2D eigenvalue weighted by Crippen LogP contribution is 2.10. The van der Waals surface area contributed by atoms with Crippen LogP contribution < -0.4 is 16.6 Å². The number of thioether (sulfide) groups is 1. The number of hydrazine groups is 1. The van der Waals surface area contributed by atoms with Crippen LogP contribution in [0.3, 0.4) is 0 Å². The Kier molecular flexibility index (Phi) is 5.85. The molecule has 0 spiro atoms. The summed E-state index contributed by atoms with van der Waals surface area (Å²) in [6.07, 6.45) is 0. The van der Waals surface area contributed by atoms with Gasteiger partial charge in [-0.05, 0) is 29.8 Å². The second-order valence-corrected chi connectivity index (χ2v) is 4.62. The summed E-state index contributed by atoms with van der Waals surface area (Å²) in [4.78, 5) is 0. The van der Waals surface area contributed by atoms with Crippen molar-refractivity contribution in [2.24, 2.45) is 5.84 Å². The molecule has 0 amide bonds. The smallest absolute Gasteiger partial charge is 0.180 e. The Balaban J connectivity index is 1.97. The summed E-state index contributed by atoms with van der Waals surface area (Å²) in [6.45, 7) is 0.817. The maximum absolute atomic E-state index is 5.09. The predicted molar refractivity (Wildman–Crippen MR) is 66.2 cm³/mol. The quantitative estimate of drug-likeness (QED) is 0.309. The molecule has 0 saturated carbocycles. The molecule has 1 aromatic rings. The number of rotatable bonds is 5. The molecule has 4 N–H and O–H groups in total. The van der Waals surface area contributed by atoms with Gasteiger partial charge in [-0.25, -0.2) is 5.84 Å². The Hall–Kier alpha value is -0.370. The van der Waals surface area contributed by atoms with Crippen molar-refractivity contribution in [3.63, 3.8) is 0 Å². The van der Waals surface area contributed by atoms with Gasteiger partial charge in [-0.3, -0.25) is 0 Å². The minimum atomic E-state index is 0.485. The summed E-state index contributed by atoms with van der Waals surface area (Å²) in [5.41, 5.74) is 3.51. The van der Waals surface area contributed by atoms with E-state index in [4.69, 9.17) is 18.1 Å². The normalized spacial score (nSPS) is 9.79. The van der Waals surface area contributed by atoms with Gasteiger partial charge < -0.3 is 10.7 Å². The maximum Gasteiger partial charge on any atom is 0.180 e. The highest BCUT2D eigenvalue weighted by Gasteiger charge is 1.95. The third-order valence-corrected chi connectivity index (χ3v) is 3.26. The molecule has 0 aliphatic rings. The molecular weight excluding hydrogens is 236 g/mol. The molecule has 0 aliphatic heterocycles. The minimum Gasteiger partial charge on any atom is -0.361 e. The molecule has 78 valence electrons. The summed E-state index contributed by atoms with van der Waals surface area (Å²) in [5.74, 6) is 7.03. The number of nitrogens with two attached hydrogens (primary N) is 1. The van der Waals surface area contributed by atoms with Crippen LogP contribution in [0, 0.1) is 0 Å². The molecule has 0 atom stereocenters. The summed E-state index contributed by atoms with van der Waals surface area (Å²) in [6, 6.07) is 2.04. The number of nitrogens with zero attached hydrogens (tertiary/aromatic N) is 1. The van der Waals surface area contributed by atoms with Crippen LogP contribution in [-0.2, 0) is 5.75 Å². The summed E-state index contributed by atoms with van der Waals surface area (Å²) < 4.78 is 4.21. The van der Waals surface area contributed by atoms with Crippen molar-refractivity contribution in [2.45, 2.75) is 5.75 Å². The van der Waals surface area contributed by atoms with E-state index in [1.54, 1.807) is 0 Å². The first-order valence-electron chi connectivity index (χ1n) is 4.04. The molecule has 0 unspecified atom stereocenters. The highest BCUT2D eigenvalue weighted by molar-refractivity contribution is 7.98. The van der Waals surface area contributed by atoms with E-state index in [2.05, 4.69) is 15.1 Å². The van der Waals surface area contributed by atoms with E-state index < -0.39 is 0 Å². The maximum atomic E-state index is 5.09. The van der Waals surface area contributed by atoms with E-state index in [0.717, 1.165) is 23.7 Å². The van der Waals surface area contributed by atoms with Crippen LogP contribution in [-0.4, -0.2) is 21.8 Å². The zero-order valence-corrected chi connectivity index (χ0v) is 9.97. The highest BCUT2D eigenvalue weighted by atomic mass is 32.2. The molecule has 0 bridgehead atoms. The van der Waals surface area contributed by atoms with Gasteiger partial charge in [-0.2, -0.15) is 16.1 Å². The lowest BCUT2D eigenvalue weighted by Gasteiger charge is -2.05. The van der Waals surface area contributed by atoms with Crippen molar-refractivity contribution >= 4 is 40.6 Å². The van der Waals surface area contributed by atoms with Crippen molar-refractivity contribution in [1.82, 2.24) is 15.1 Å². The van der Waals surface area contributed by atoms with Crippen molar-refractivity contribution in [3.8, 4) is 0 Å². The van der Waals surface area contributed by atoms with Crippen LogP contribution in [0.1, 0.15) is 5.69 Å². The van der Waals surface area contributed by atoms with E-state index in [1.807, 2.05) is 23.2 Å². The Morgan fingerprint density at radius 3 is 3.21 bits per heavy atom. The van der Waals surface area contributed by atoms with Crippen molar-refractivity contribution in [1.29, 1.82) is 0 Å². The van der Waals surface area contributed by atoms with Crippen molar-refractivity contribution < 1.29 is 0 Å². The molecule has 14 heavy (non-hydrogen) atoms. The number of hydrogen-bond donors (Lipinski definition) is 3. The standard InChI is InChI=1S/C7H12N4S3/c8-10-7(12)9-2-4-13-5-6-1-3-14-11-6/h1,3H,2,4-5,8H2,(H2,9,10,12). The van der Waals surface area contributed by atoms with Gasteiger partial charge >= 0.3 is 0 Å². The second-order valence-electron chi connectivity index (χ2n) is 2.44. The molecule has 4 nitrogen and oxygen atoms in total. The van der Waals surface area contributed by atoms with Gasteiger partial charge in [0.15, 0.2) is 5.11 Å². The van der Waals surface area contributed by atoms with Crippen LogP contribution in [0.5, 0.6) is 0 Å². The Morgan fingerprint density at radius 2 is 2.57 bits per heavy atom. The van der Waals surface area contributed by atoms with E-state index in [0.29, 0.717) is 5.11 Å². The van der Waals surface area contributed by atoms with Crippen molar-refractivity contribution in [3.05, 3.63) is 17.1 Å². The summed E-state index contributed by atoms with van der Waals surface area (Å²) in [5, 5.41) is 5.44. The number of hydrogen-bond acceptors (Lipinski definition) is 5. The van der Waals surface area contributed by atoms with Gasteiger partial charge in [0, 0.05) is 23.4 Å². The van der Waals surface area contributed by atoms with E-state index in [9.17, 15) is 0 Å². The first-order valence-corrected chi connectivity index (χ1v) is 6.44. The van der Waals surface area contributed by atoms with E-state index >= 15 is 0 Å². The average molecular weight is 248 g/mol. The fourth-order valence-corrected chi connectivity index (χ4v) is 2.26. The van der Waals surface area contributed by atoms with Gasteiger partial charge in [0.1, 0.15) is 0 Å². The van der Waals surface area contributed by atoms with Gasteiger partial charge in [-0.15, -0.1) is 0 Å². The molecule has 0 aliphatic carbocycles. The van der Waals surface area contributed by atoms with Gasteiger partial charge in [0.2, 0.25) is 0 Å². The zero-order chi connectivity index (χ0) is 10.2. The lowest BCUT2D eigenvalue weighted by molar-refractivity contribution is 0.906. The molecule has 0 fully saturated rings. The third kappa shape index (κ3) is 4.75. The van der Waals surface area contributed by atoms with Crippen LogP contribution >= 0.6 is 35.5 Å². The monoisotopic (exact) mass is 248 g/mol. The second kappa shape index (κ2) is 6.99. The number of thiocarbonyl (C=S) groups is 1. The largest absolute Gasteiger partial charge is 0.361 e. The Labute approximate surface area is 96.8 Å². The van der Waals surface area contributed by atoms with Crippen LogP contribution in [0.25, 0.3) is 0 Å². The first-order chi connectivity index (χ1) is 6.83. The zero-order valence-electron chi connectivity index (χ0n) is 7.53. The first kappa shape index (κ1) is 11.7. The predicted octanol–water partition coefficient (Wildman–Crippen LogP) is 0.714. The summed E-state index contributed by atoms with van der Waals surface area (Å²) >= 11 is 8.12. The molecule has 1 aromatic heterocycles. The van der Waals surface area contributed by atoms with Crippen LogP contribution in [0.15, 0.2) is 11.4 Å². The third-order valence-electron chi connectivity index (χ3n) is 1.40. The molecule has 1 rings (SSSR count). The van der Waals surface area contributed by atoms with E-state index in [-0.39, 0.29) is 0 Å². The van der Waals surface area contributed by atoms with Crippen LogP contribution in [0.2, 0.25) is 0 Å². The van der Waals surface area contributed by atoms with Crippen molar-refractivity contribution in [2.75, 3.05) is 12.3 Å². The molecule has 0 radical (unpaired) electrons. The topological polar surface area (TPSA) is 63.0 Å². The SMILES string of the molecule is NNC(=S)NCCSCc1ccsn1. The van der Waals surface area contributed by atoms with E-state index in [1.165, 1.54) is 11.5 Å². The number of nitrogens with one attached hydrogen (secondary N) is 2. The molecule has 0 saturated heterocycles. The minimum absolute atomic E-state index is 0.485. The molecule has 7 heteroatoms. The van der Waals surface area contributed by atoms with Gasteiger partial charge in [0.25, 0.3) is 0 Å². The molecular formula is C7H12N4S3. The molecule has 1 heterocycles. The Morgan fingerprint density at radius 1 is 1.71 bits per heavy atom.